The van der Waals surface area contributed by atoms with Gasteiger partial charge in [0, 0.05) is 13.2 Å². The van der Waals surface area contributed by atoms with Crippen LogP contribution in [0.4, 0.5) is 0 Å². The quantitative estimate of drug-likeness (QED) is 0.835. The Hall–Kier alpha value is -1.55. The third-order valence-electron chi connectivity index (χ3n) is 2.59. The Morgan fingerprint density at radius 2 is 2.44 bits per heavy atom. The highest BCUT2D eigenvalue weighted by atomic mass is 16.3. The minimum atomic E-state index is 0.256. The SMILES string of the molecule is C[C@H](NCCc1cnn(C)c1)c1ccco1. The Bertz CT molecular complexity index is 419. The van der Waals surface area contributed by atoms with Gasteiger partial charge in [0.2, 0.25) is 0 Å². The Labute approximate surface area is 95.3 Å². The fourth-order valence-corrected chi connectivity index (χ4v) is 1.67. The van der Waals surface area contributed by atoms with Gasteiger partial charge in [0.25, 0.3) is 0 Å². The van der Waals surface area contributed by atoms with Crippen LogP contribution in [0, 0.1) is 0 Å². The second kappa shape index (κ2) is 4.99. The van der Waals surface area contributed by atoms with Gasteiger partial charge in [-0.2, -0.15) is 5.10 Å². The number of nitrogens with one attached hydrogen (secondary N) is 1. The third kappa shape index (κ3) is 2.73. The molecule has 0 spiro atoms. The van der Waals surface area contributed by atoms with Crippen molar-refractivity contribution in [2.45, 2.75) is 19.4 Å². The number of rotatable bonds is 5. The minimum Gasteiger partial charge on any atom is -0.468 e. The lowest BCUT2D eigenvalue weighted by atomic mass is 10.2. The van der Waals surface area contributed by atoms with Crippen molar-refractivity contribution < 1.29 is 4.42 Å². The van der Waals surface area contributed by atoms with E-state index in [1.807, 2.05) is 36.3 Å². The van der Waals surface area contributed by atoms with Crippen molar-refractivity contribution in [2.75, 3.05) is 6.54 Å². The van der Waals surface area contributed by atoms with Crippen molar-refractivity contribution >= 4 is 0 Å². The zero-order valence-electron chi connectivity index (χ0n) is 9.68. The molecule has 0 fully saturated rings. The topological polar surface area (TPSA) is 43.0 Å². The molecule has 2 heterocycles. The summed E-state index contributed by atoms with van der Waals surface area (Å²) in [6, 6.07) is 4.16. The number of nitrogens with zero attached hydrogens (tertiary/aromatic N) is 2. The van der Waals surface area contributed by atoms with Gasteiger partial charge >= 0.3 is 0 Å². The first kappa shape index (κ1) is 11.0. The molecule has 0 aliphatic rings. The molecule has 0 bridgehead atoms. The molecule has 0 amide bonds. The van der Waals surface area contributed by atoms with E-state index in [-0.39, 0.29) is 6.04 Å². The highest BCUT2D eigenvalue weighted by Crippen LogP contribution is 2.11. The summed E-state index contributed by atoms with van der Waals surface area (Å²) in [6.45, 7) is 3.02. The third-order valence-corrected chi connectivity index (χ3v) is 2.59. The highest BCUT2D eigenvalue weighted by molar-refractivity contribution is 5.05. The molecular weight excluding hydrogens is 202 g/mol. The van der Waals surface area contributed by atoms with Crippen molar-refractivity contribution in [1.82, 2.24) is 15.1 Å². The predicted octanol–water partition coefficient (Wildman–Crippen LogP) is 1.91. The maximum atomic E-state index is 5.32. The summed E-state index contributed by atoms with van der Waals surface area (Å²) in [6.07, 6.45) is 6.63. The molecule has 16 heavy (non-hydrogen) atoms. The van der Waals surface area contributed by atoms with E-state index < -0.39 is 0 Å². The summed E-state index contributed by atoms with van der Waals surface area (Å²) in [7, 11) is 1.93. The lowest BCUT2D eigenvalue weighted by Crippen LogP contribution is -2.20. The van der Waals surface area contributed by atoms with E-state index in [2.05, 4.69) is 17.3 Å². The molecule has 0 unspecified atom stereocenters. The summed E-state index contributed by atoms with van der Waals surface area (Å²) in [4.78, 5) is 0. The summed E-state index contributed by atoms with van der Waals surface area (Å²) >= 11 is 0. The molecule has 0 saturated carbocycles. The Morgan fingerprint density at radius 1 is 1.56 bits per heavy atom. The van der Waals surface area contributed by atoms with Crippen molar-refractivity contribution in [1.29, 1.82) is 0 Å². The molecule has 1 N–H and O–H groups in total. The van der Waals surface area contributed by atoms with Gasteiger partial charge in [0.15, 0.2) is 0 Å². The van der Waals surface area contributed by atoms with Gasteiger partial charge in [-0.05, 0) is 37.6 Å². The van der Waals surface area contributed by atoms with E-state index in [1.54, 1.807) is 6.26 Å². The van der Waals surface area contributed by atoms with Crippen molar-refractivity contribution in [3.05, 3.63) is 42.1 Å². The first-order chi connectivity index (χ1) is 7.75. The monoisotopic (exact) mass is 219 g/mol. The standard InChI is InChI=1S/C12H17N3O/c1-10(12-4-3-7-16-12)13-6-5-11-8-14-15(2)9-11/h3-4,7-10,13H,5-6H2,1-2H3/t10-/m0/s1. The minimum absolute atomic E-state index is 0.256. The molecule has 86 valence electrons. The van der Waals surface area contributed by atoms with Gasteiger partial charge in [-0.25, -0.2) is 0 Å². The number of hydrogen-bond donors (Lipinski definition) is 1. The molecule has 0 aliphatic heterocycles. The van der Waals surface area contributed by atoms with Crippen LogP contribution in [0.15, 0.2) is 35.2 Å². The summed E-state index contributed by atoms with van der Waals surface area (Å²) in [5.41, 5.74) is 1.25. The second-order valence-electron chi connectivity index (χ2n) is 3.96. The van der Waals surface area contributed by atoms with E-state index >= 15 is 0 Å². The van der Waals surface area contributed by atoms with Gasteiger partial charge in [0.1, 0.15) is 5.76 Å². The van der Waals surface area contributed by atoms with Gasteiger partial charge in [-0.3, -0.25) is 4.68 Å². The molecule has 0 saturated heterocycles. The van der Waals surface area contributed by atoms with Gasteiger partial charge in [-0.1, -0.05) is 0 Å². The van der Waals surface area contributed by atoms with Crippen LogP contribution < -0.4 is 5.32 Å². The maximum Gasteiger partial charge on any atom is 0.120 e. The molecule has 4 nitrogen and oxygen atoms in total. The molecule has 0 aliphatic carbocycles. The highest BCUT2D eigenvalue weighted by Gasteiger charge is 2.06. The zero-order valence-corrected chi connectivity index (χ0v) is 9.68. The fraction of sp³-hybridized carbons (Fsp3) is 0.417. The summed E-state index contributed by atoms with van der Waals surface area (Å²) in [5, 5.41) is 7.55. The lowest BCUT2D eigenvalue weighted by molar-refractivity contribution is 0.432. The fourth-order valence-electron chi connectivity index (χ4n) is 1.67. The van der Waals surface area contributed by atoms with Crippen LogP contribution in [0.3, 0.4) is 0 Å². The summed E-state index contributed by atoms with van der Waals surface area (Å²) < 4.78 is 7.15. The van der Waals surface area contributed by atoms with Crippen LogP contribution in [0.2, 0.25) is 0 Å². The van der Waals surface area contributed by atoms with Crippen molar-refractivity contribution in [3.8, 4) is 0 Å². The van der Waals surface area contributed by atoms with Crippen LogP contribution in [-0.4, -0.2) is 16.3 Å². The van der Waals surface area contributed by atoms with E-state index in [0.29, 0.717) is 0 Å². The van der Waals surface area contributed by atoms with Crippen LogP contribution >= 0.6 is 0 Å². The van der Waals surface area contributed by atoms with Crippen molar-refractivity contribution in [3.63, 3.8) is 0 Å². The Morgan fingerprint density at radius 3 is 3.06 bits per heavy atom. The largest absolute Gasteiger partial charge is 0.468 e. The number of aromatic nitrogens is 2. The first-order valence-corrected chi connectivity index (χ1v) is 5.50. The van der Waals surface area contributed by atoms with Crippen LogP contribution in [0.5, 0.6) is 0 Å². The van der Waals surface area contributed by atoms with E-state index in [4.69, 9.17) is 4.42 Å². The van der Waals surface area contributed by atoms with E-state index in [0.717, 1.165) is 18.7 Å². The number of aryl methyl sites for hydroxylation is 1. The molecular formula is C12H17N3O. The molecule has 2 rings (SSSR count). The second-order valence-corrected chi connectivity index (χ2v) is 3.96. The van der Waals surface area contributed by atoms with Gasteiger partial charge in [0.05, 0.1) is 18.5 Å². The van der Waals surface area contributed by atoms with Gasteiger partial charge < -0.3 is 9.73 Å². The lowest BCUT2D eigenvalue weighted by Gasteiger charge is -2.10. The average molecular weight is 219 g/mol. The molecule has 2 aromatic heterocycles. The van der Waals surface area contributed by atoms with E-state index in [9.17, 15) is 0 Å². The summed E-state index contributed by atoms with van der Waals surface area (Å²) in [5.74, 6) is 0.978. The molecule has 1 atom stereocenters. The molecule has 4 heteroatoms. The average Bonchev–Trinajstić information content (AvgIpc) is 2.89. The maximum absolute atomic E-state index is 5.32. The Kier molecular flexibility index (Phi) is 3.41. The zero-order chi connectivity index (χ0) is 11.4. The van der Waals surface area contributed by atoms with Crippen LogP contribution in [0.25, 0.3) is 0 Å². The van der Waals surface area contributed by atoms with Crippen LogP contribution in [0.1, 0.15) is 24.3 Å². The number of furan rings is 1. The van der Waals surface area contributed by atoms with Gasteiger partial charge in [-0.15, -0.1) is 0 Å². The smallest absolute Gasteiger partial charge is 0.120 e. The first-order valence-electron chi connectivity index (χ1n) is 5.50. The number of hydrogen-bond acceptors (Lipinski definition) is 3. The van der Waals surface area contributed by atoms with Crippen LogP contribution in [-0.2, 0) is 13.5 Å². The Balaban J connectivity index is 1.76. The molecule has 0 radical (unpaired) electrons. The molecule has 0 aromatic carbocycles. The predicted molar refractivity (Wildman–Crippen MR) is 62.0 cm³/mol. The molecule has 2 aromatic rings. The normalized spacial score (nSPS) is 12.9. The van der Waals surface area contributed by atoms with Crippen molar-refractivity contribution in [2.24, 2.45) is 7.05 Å². The van der Waals surface area contributed by atoms with E-state index in [1.165, 1.54) is 5.56 Å².